The third-order valence-corrected chi connectivity index (χ3v) is 3.33. The minimum atomic E-state index is -0.275. The highest BCUT2D eigenvalue weighted by Gasteiger charge is 2.12. The number of benzene rings is 2. The van der Waals surface area contributed by atoms with Crippen LogP contribution in [0, 0.1) is 12.7 Å². The number of hydrogen-bond donors (Lipinski definition) is 1. The van der Waals surface area contributed by atoms with Gasteiger partial charge < -0.3 is 10.3 Å². The van der Waals surface area contributed by atoms with E-state index < -0.39 is 0 Å². The Morgan fingerprint density at radius 1 is 1.19 bits per heavy atom. The van der Waals surface area contributed by atoms with Crippen LogP contribution in [-0.2, 0) is 6.42 Å². The van der Waals surface area contributed by atoms with Crippen molar-refractivity contribution in [3.8, 4) is 11.5 Å². The molecule has 0 aliphatic heterocycles. The van der Waals surface area contributed by atoms with Crippen molar-refractivity contribution in [2.45, 2.75) is 13.3 Å². The Kier molecular flexibility index (Phi) is 3.39. The number of nitrogen functional groups attached to an aromatic ring is 1. The Labute approximate surface area is 121 Å². The Bertz CT molecular complexity index is 783. The van der Waals surface area contributed by atoms with Crippen molar-refractivity contribution in [3.63, 3.8) is 0 Å². The van der Waals surface area contributed by atoms with Crippen LogP contribution in [0.1, 0.15) is 17.0 Å². The summed E-state index contributed by atoms with van der Waals surface area (Å²) >= 11 is 0. The summed E-state index contributed by atoms with van der Waals surface area (Å²) in [5.74, 6) is 0.659. The van der Waals surface area contributed by atoms with Gasteiger partial charge in [-0.2, -0.15) is 4.98 Å². The lowest BCUT2D eigenvalue weighted by Crippen LogP contribution is -1.93. The largest absolute Gasteiger partial charge is 0.398 e. The lowest BCUT2D eigenvalue weighted by Gasteiger charge is -2.03. The molecule has 0 saturated heterocycles. The predicted molar refractivity (Wildman–Crippen MR) is 78.1 cm³/mol. The molecule has 1 heterocycles. The van der Waals surface area contributed by atoms with Gasteiger partial charge in [0.05, 0.1) is 0 Å². The van der Waals surface area contributed by atoms with Gasteiger partial charge in [0.15, 0.2) is 5.82 Å². The third-order valence-electron chi connectivity index (χ3n) is 3.33. The Balaban J connectivity index is 1.88. The fourth-order valence-electron chi connectivity index (χ4n) is 2.15. The predicted octanol–water partition coefficient (Wildman–Crippen LogP) is 3.36. The Morgan fingerprint density at radius 3 is 2.81 bits per heavy atom. The maximum atomic E-state index is 13.2. The minimum Gasteiger partial charge on any atom is -0.398 e. The summed E-state index contributed by atoms with van der Waals surface area (Å²) in [6.07, 6.45) is 0.419. The second kappa shape index (κ2) is 5.36. The van der Waals surface area contributed by atoms with Crippen LogP contribution in [-0.4, -0.2) is 10.1 Å². The van der Waals surface area contributed by atoms with Crippen molar-refractivity contribution in [1.29, 1.82) is 0 Å². The van der Waals surface area contributed by atoms with Crippen molar-refractivity contribution in [2.24, 2.45) is 0 Å². The molecule has 0 aliphatic rings. The average molecular weight is 283 g/mol. The maximum Gasteiger partial charge on any atom is 0.258 e. The molecule has 4 nitrogen and oxygen atoms in total. The molecule has 0 amide bonds. The van der Waals surface area contributed by atoms with E-state index in [1.54, 1.807) is 6.07 Å². The number of nitrogens with zero attached hydrogens (tertiary/aromatic N) is 2. The molecular formula is C16H14FN3O. The third kappa shape index (κ3) is 2.76. The van der Waals surface area contributed by atoms with E-state index in [1.807, 2.05) is 31.2 Å². The van der Waals surface area contributed by atoms with Crippen LogP contribution in [0.4, 0.5) is 10.1 Å². The van der Waals surface area contributed by atoms with E-state index in [0.717, 1.165) is 16.7 Å². The number of rotatable bonds is 3. The summed E-state index contributed by atoms with van der Waals surface area (Å²) in [4.78, 5) is 4.35. The highest BCUT2D eigenvalue weighted by molar-refractivity contribution is 5.66. The van der Waals surface area contributed by atoms with Gasteiger partial charge in [-0.15, -0.1) is 0 Å². The number of halogens is 1. The fourth-order valence-corrected chi connectivity index (χ4v) is 2.15. The van der Waals surface area contributed by atoms with Crippen molar-refractivity contribution < 1.29 is 8.91 Å². The van der Waals surface area contributed by atoms with Crippen LogP contribution in [0.3, 0.4) is 0 Å². The van der Waals surface area contributed by atoms with E-state index >= 15 is 0 Å². The molecule has 0 aliphatic carbocycles. The van der Waals surface area contributed by atoms with Gasteiger partial charge in [-0.05, 0) is 42.3 Å². The van der Waals surface area contributed by atoms with Crippen molar-refractivity contribution in [3.05, 3.63) is 65.2 Å². The van der Waals surface area contributed by atoms with Gasteiger partial charge >= 0.3 is 0 Å². The minimum absolute atomic E-state index is 0.275. The van der Waals surface area contributed by atoms with E-state index in [2.05, 4.69) is 10.1 Å². The molecule has 0 radical (unpaired) electrons. The molecule has 106 valence electrons. The summed E-state index contributed by atoms with van der Waals surface area (Å²) in [6, 6.07) is 11.9. The second-order valence-corrected chi connectivity index (χ2v) is 4.84. The van der Waals surface area contributed by atoms with Crippen molar-refractivity contribution in [2.75, 3.05) is 5.73 Å². The first-order valence-corrected chi connectivity index (χ1v) is 6.56. The Morgan fingerprint density at radius 2 is 2.00 bits per heavy atom. The van der Waals surface area contributed by atoms with E-state index in [9.17, 15) is 4.39 Å². The number of nitrogens with two attached hydrogens (primary N) is 1. The van der Waals surface area contributed by atoms with Gasteiger partial charge in [0.25, 0.3) is 5.89 Å². The summed E-state index contributed by atoms with van der Waals surface area (Å²) in [5.41, 5.74) is 9.06. The summed E-state index contributed by atoms with van der Waals surface area (Å²) in [7, 11) is 0. The first-order chi connectivity index (χ1) is 10.1. The molecule has 0 saturated carbocycles. The molecule has 0 atom stereocenters. The molecular weight excluding hydrogens is 269 g/mol. The van der Waals surface area contributed by atoms with Crippen LogP contribution in [0.25, 0.3) is 11.5 Å². The smallest absolute Gasteiger partial charge is 0.258 e. The first-order valence-electron chi connectivity index (χ1n) is 6.56. The molecule has 2 N–H and O–H groups in total. The summed E-state index contributed by atoms with van der Waals surface area (Å²) in [5, 5.41) is 3.94. The zero-order valence-corrected chi connectivity index (χ0v) is 11.5. The highest BCUT2D eigenvalue weighted by Crippen LogP contribution is 2.25. The number of anilines is 1. The van der Waals surface area contributed by atoms with Crippen molar-refractivity contribution >= 4 is 5.69 Å². The summed E-state index contributed by atoms with van der Waals surface area (Å²) in [6.45, 7) is 1.90. The fraction of sp³-hybridized carbons (Fsp3) is 0.125. The standard InChI is InChI=1S/C16H14FN3O/c1-10-13(6-3-7-14(10)18)16-19-15(20-21-16)9-11-4-2-5-12(17)8-11/h2-8H,9,18H2,1H3. The molecule has 3 rings (SSSR count). The zero-order valence-electron chi connectivity index (χ0n) is 11.5. The number of aromatic nitrogens is 2. The van der Waals surface area contributed by atoms with Gasteiger partial charge in [0, 0.05) is 17.7 Å². The normalized spacial score (nSPS) is 10.8. The molecule has 0 spiro atoms. The lowest BCUT2D eigenvalue weighted by molar-refractivity contribution is 0.423. The average Bonchev–Trinajstić information content (AvgIpc) is 2.90. The first kappa shape index (κ1) is 13.3. The monoisotopic (exact) mass is 283 g/mol. The van der Waals surface area contributed by atoms with Crippen LogP contribution in [0.2, 0.25) is 0 Å². The molecule has 0 fully saturated rings. The van der Waals surface area contributed by atoms with Gasteiger partial charge in [-0.1, -0.05) is 23.4 Å². The van der Waals surface area contributed by atoms with E-state index in [-0.39, 0.29) is 5.82 Å². The van der Waals surface area contributed by atoms with Crippen LogP contribution < -0.4 is 5.73 Å². The molecule has 3 aromatic rings. The van der Waals surface area contributed by atoms with E-state index in [0.29, 0.717) is 23.8 Å². The zero-order chi connectivity index (χ0) is 14.8. The van der Waals surface area contributed by atoms with Gasteiger partial charge in [0.2, 0.25) is 0 Å². The topological polar surface area (TPSA) is 64.9 Å². The van der Waals surface area contributed by atoms with Crippen molar-refractivity contribution in [1.82, 2.24) is 10.1 Å². The van der Waals surface area contributed by atoms with Crippen LogP contribution in [0.5, 0.6) is 0 Å². The molecule has 0 unspecified atom stereocenters. The quantitative estimate of drug-likeness (QED) is 0.748. The lowest BCUT2D eigenvalue weighted by atomic mass is 10.1. The van der Waals surface area contributed by atoms with Crippen LogP contribution >= 0.6 is 0 Å². The SMILES string of the molecule is Cc1c(N)cccc1-c1nc(Cc2cccc(F)c2)no1. The summed E-state index contributed by atoms with van der Waals surface area (Å²) < 4.78 is 18.4. The second-order valence-electron chi connectivity index (χ2n) is 4.84. The van der Waals surface area contributed by atoms with Gasteiger partial charge in [-0.3, -0.25) is 0 Å². The number of hydrogen-bond acceptors (Lipinski definition) is 4. The molecule has 21 heavy (non-hydrogen) atoms. The highest BCUT2D eigenvalue weighted by atomic mass is 19.1. The molecule has 1 aromatic heterocycles. The van der Waals surface area contributed by atoms with Gasteiger partial charge in [0.1, 0.15) is 5.82 Å². The molecule has 5 heteroatoms. The molecule has 2 aromatic carbocycles. The van der Waals surface area contributed by atoms with E-state index in [4.69, 9.17) is 10.3 Å². The van der Waals surface area contributed by atoms with E-state index in [1.165, 1.54) is 12.1 Å². The van der Waals surface area contributed by atoms with Gasteiger partial charge in [-0.25, -0.2) is 4.39 Å². The Hall–Kier alpha value is -2.69. The molecule has 0 bridgehead atoms. The van der Waals surface area contributed by atoms with Crippen LogP contribution in [0.15, 0.2) is 47.0 Å². The maximum absolute atomic E-state index is 13.2.